The summed E-state index contributed by atoms with van der Waals surface area (Å²) in [7, 11) is -4.72. The molecule has 0 aromatic heterocycles. The van der Waals surface area contributed by atoms with Gasteiger partial charge in [-0.05, 0) is 0 Å². The van der Waals surface area contributed by atoms with Crippen molar-refractivity contribution >= 4 is 30.4 Å². The van der Waals surface area contributed by atoms with Crippen molar-refractivity contribution in [2.75, 3.05) is 0 Å². The Morgan fingerprint density at radius 1 is 1.33 bits per heavy atom. The van der Waals surface area contributed by atoms with Crippen LogP contribution >= 0.6 is 8.25 Å². The molecule has 0 fully saturated rings. The summed E-state index contributed by atoms with van der Waals surface area (Å²) in [5, 5.41) is 0. The number of rotatable bonds is 2. The number of halogens is 2. The Bertz CT molecular complexity index is 53.4. The van der Waals surface area contributed by atoms with E-state index in [0.29, 0.717) is 0 Å². The van der Waals surface area contributed by atoms with E-state index in [2.05, 4.69) is 2.86 Å². The minimum atomic E-state index is -4.72. The fourth-order valence-corrected chi connectivity index (χ4v) is 0.884. The molecule has 0 saturated heterocycles. The Morgan fingerprint density at radius 2 is 1.67 bits per heavy atom. The first kappa shape index (κ1) is 16.5. The molecule has 0 spiro atoms. The first-order chi connectivity index (χ1) is 3.06. The second-order valence-electron chi connectivity index (χ2n) is 0.641. The van der Waals surface area contributed by atoms with Crippen molar-refractivity contribution in [2.45, 2.75) is 0 Å². The van der Waals surface area contributed by atoms with E-state index in [1.807, 2.05) is 0 Å². The van der Waals surface area contributed by atoms with E-state index in [-0.39, 0.29) is 11.0 Å². The summed E-state index contributed by atoms with van der Waals surface area (Å²) < 4.78 is 25.4. The second-order valence-corrected chi connectivity index (χ2v) is 3.77. The quantitative estimate of drug-likeness (QED) is 0.471. The molecule has 0 aromatic carbocycles. The predicted molar refractivity (Wildman–Crippen MR) is 27.6 cm³/mol. The molecule has 0 aliphatic carbocycles. The molecule has 58 valence electrons. The van der Waals surface area contributed by atoms with E-state index < -0.39 is 30.4 Å². The van der Waals surface area contributed by atoms with Crippen LogP contribution in [-0.2, 0) is 2.86 Å². The van der Waals surface area contributed by atoms with Crippen LogP contribution in [0.5, 0.6) is 0 Å². The first-order valence-electron chi connectivity index (χ1n) is 1.14. The number of hydrogen-bond donors (Lipinski definition) is 2. The molecule has 5 nitrogen and oxygen atoms in total. The molecule has 0 amide bonds. The van der Waals surface area contributed by atoms with Gasteiger partial charge in [0, 0.05) is 0 Å². The van der Waals surface area contributed by atoms with Crippen molar-refractivity contribution in [1.82, 2.24) is 0 Å². The molecule has 2 radical (unpaired) electrons. The van der Waals surface area contributed by atoms with Crippen LogP contribution in [0.1, 0.15) is 0 Å². The van der Waals surface area contributed by atoms with Crippen molar-refractivity contribution in [2.24, 2.45) is 0 Å². The molecule has 0 aliphatic heterocycles. The first-order valence-corrected chi connectivity index (χ1v) is 4.89. The van der Waals surface area contributed by atoms with Gasteiger partial charge >= 0.3 is 50.1 Å². The summed E-state index contributed by atoms with van der Waals surface area (Å²) in [5.41, 5.74) is 0. The van der Waals surface area contributed by atoms with Crippen molar-refractivity contribution in [3.63, 3.8) is 0 Å². The molecule has 0 atom stereocenters. The summed E-state index contributed by atoms with van der Waals surface area (Å²) in [6.45, 7) is 0. The molecule has 6 N–H and O–H groups in total. The Morgan fingerprint density at radius 3 is 1.67 bits per heavy atom. The molecule has 0 unspecified atom stereocenters. The maximum atomic E-state index is 11.2. The average Bonchev–Trinajstić information content (AvgIpc) is 1.30. The predicted octanol–water partition coefficient (Wildman–Crippen LogP) is -1.51. The zero-order valence-corrected chi connectivity index (χ0v) is 7.75. The van der Waals surface area contributed by atoms with E-state index in [1.165, 1.54) is 0 Å². The van der Waals surface area contributed by atoms with Gasteiger partial charge in [-0.2, -0.15) is 0 Å². The van der Waals surface area contributed by atoms with Crippen LogP contribution in [0.15, 0.2) is 0 Å². The Kier molecular flexibility index (Phi) is 12.8. The van der Waals surface area contributed by atoms with Gasteiger partial charge in [0.1, 0.15) is 0 Å². The van der Waals surface area contributed by atoms with Crippen molar-refractivity contribution in [1.29, 1.82) is 0 Å². The second kappa shape index (κ2) is 7.00. The van der Waals surface area contributed by atoms with Crippen LogP contribution in [0.2, 0.25) is 0 Å². The molecule has 9 heavy (non-hydrogen) atoms. The number of hydrogen-bond acceptors (Lipinski definition) is 3. The molecule has 0 aliphatic rings. The van der Waals surface area contributed by atoms with Crippen LogP contribution in [0.25, 0.3) is 0 Å². The van der Waals surface area contributed by atoms with E-state index in [0.717, 1.165) is 0 Å². The SMILES string of the molecule is O.O.O[P+](O)(F)[O][Sn][F]. The van der Waals surface area contributed by atoms with Gasteiger partial charge in [0.2, 0.25) is 0 Å². The molecule has 0 heterocycles. The monoisotopic (exact) mass is 275 g/mol. The summed E-state index contributed by atoms with van der Waals surface area (Å²) in [6.07, 6.45) is 0. The Balaban J connectivity index is -0.000000180. The van der Waals surface area contributed by atoms with Gasteiger partial charge in [-0.3, -0.25) is 0 Å². The van der Waals surface area contributed by atoms with Gasteiger partial charge in [-0.1, -0.05) is 0 Å². The van der Waals surface area contributed by atoms with Crippen LogP contribution in [0, 0.1) is 0 Å². The van der Waals surface area contributed by atoms with Gasteiger partial charge in [0.25, 0.3) is 0 Å². The summed E-state index contributed by atoms with van der Waals surface area (Å²) in [6, 6.07) is 0. The average molecular weight is 274 g/mol. The third kappa shape index (κ3) is 17.6. The third-order valence-electron chi connectivity index (χ3n) is 0.151. The van der Waals surface area contributed by atoms with Crippen LogP contribution < -0.4 is 0 Å². The molecule has 0 saturated carbocycles. The third-order valence-corrected chi connectivity index (χ3v) is 3.03. The fraction of sp³-hybridized carbons (Fsp3) is 0. The van der Waals surface area contributed by atoms with Crippen molar-refractivity contribution < 1.29 is 30.7 Å². The van der Waals surface area contributed by atoms with E-state index in [4.69, 9.17) is 9.79 Å². The molecule has 0 rings (SSSR count). The van der Waals surface area contributed by atoms with Crippen LogP contribution in [-0.4, -0.2) is 42.9 Å². The van der Waals surface area contributed by atoms with E-state index >= 15 is 0 Å². The maximum absolute atomic E-state index is 11.2. The Hall–Kier alpha value is 0.889. The zero-order chi connectivity index (χ0) is 5.91. The summed E-state index contributed by atoms with van der Waals surface area (Å²) in [4.78, 5) is 15.2. The summed E-state index contributed by atoms with van der Waals surface area (Å²) in [5.74, 6) is 0. The molecule has 0 aromatic rings. The van der Waals surface area contributed by atoms with Crippen LogP contribution in [0.4, 0.5) is 7.06 Å². The summed E-state index contributed by atoms with van der Waals surface area (Å²) >= 11 is -2.74. The minimum absolute atomic E-state index is 0. The van der Waals surface area contributed by atoms with E-state index in [1.54, 1.807) is 0 Å². The molecule has 0 bridgehead atoms. The van der Waals surface area contributed by atoms with Crippen LogP contribution in [0.3, 0.4) is 0 Å². The fourth-order valence-electron chi connectivity index (χ4n) is 0.0439. The van der Waals surface area contributed by atoms with Gasteiger partial charge < -0.3 is 11.0 Å². The van der Waals surface area contributed by atoms with E-state index in [9.17, 15) is 7.06 Å². The molecular formula is H6F2O5PSn+. The van der Waals surface area contributed by atoms with Gasteiger partial charge in [0.05, 0.1) is 0 Å². The Labute approximate surface area is 61.5 Å². The van der Waals surface area contributed by atoms with Gasteiger partial charge in [0.15, 0.2) is 0 Å². The normalized spacial score (nSPS) is 9.33. The van der Waals surface area contributed by atoms with Gasteiger partial charge in [-0.25, -0.2) is 0 Å². The van der Waals surface area contributed by atoms with Crippen molar-refractivity contribution in [3.8, 4) is 0 Å². The van der Waals surface area contributed by atoms with Crippen molar-refractivity contribution in [3.05, 3.63) is 0 Å². The zero-order valence-electron chi connectivity index (χ0n) is 4.01. The molecule has 9 heteroatoms. The topological polar surface area (TPSA) is 113 Å². The van der Waals surface area contributed by atoms with Gasteiger partial charge in [-0.15, -0.1) is 0 Å². The molecular weight excluding hydrogens is 268 g/mol. The standard InChI is InChI=1S/FH2O3P.FH.2H2O.Sn/c1-5(2,3)4;;;;/h(H2,2,3,4);1H;2*1H2;/q;;;;+2/p-1.